The lowest BCUT2D eigenvalue weighted by molar-refractivity contribution is 0.0600. The van der Waals surface area contributed by atoms with Gasteiger partial charge in [0.25, 0.3) is 11.8 Å². The molecular weight excluding hydrogens is 348 g/mol. The maximum Gasteiger partial charge on any atom is 0.337 e. The molecule has 0 spiro atoms. The molecule has 0 aliphatic carbocycles. The van der Waals surface area contributed by atoms with Gasteiger partial charge in [-0.1, -0.05) is 0 Å². The summed E-state index contributed by atoms with van der Waals surface area (Å²) in [6.45, 7) is 1.22. The third-order valence-electron chi connectivity index (χ3n) is 3.66. The van der Waals surface area contributed by atoms with Gasteiger partial charge in [-0.25, -0.2) is 4.79 Å². The maximum atomic E-state index is 12.4. The minimum absolute atomic E-state index is 0.118. The Labute approximate surface area is 157 Å². The first-order chi connectivity index (χ1) is 12.9. The van der Waals surface area contributed by atoms with E-state index in [0.29, 0.717) is 29.9 Å². The molecule has 0 atom stereocenters. The van der Waals surface area contributed by atoms with Gasteiger partial charge in [-0.05, 0) is 50.5 Å². The Bertz CT molecular complexity index is 819. The summed E-state index contributed by atoms with van der Waals surface area (Å²) in [5, 5.41) is 5.46. The Morgan fingerprint density at radius 3 is 2.37 bits per heavy atom. The zero-order valence-electron chi connectivity index (χ0n) is 15.5. The molecule has 0 fully saturated rings. The molecule has 0 aliphatic rings. The van der Waals surface area contributed by atoms with Crippen LogP contribution in [0.25, 0.3) is 0 Å². The molecule has 2 rings (SSSR count). The lowest BCUT2D eigenvalue weighted by atomic mass is 10.2. The number of anilines is 1. The topological polar surface area (TPSA) is 101 Å². The summed E-state index contributed by atoms with van der Waals surface area (Å²) in [5.74, 6) is -1.18. The molecular formula is C19H22N4O4. The van der Waals surface area contributed by atoms with Crippen LogP contribution in [-0.4, -0.2) is 62.0 Å². The molecule has 27 heavy (non-hydrogen) atoms. The minimum atomic E-state index is -0.456. The lowest BCUT2D eigenvalue weighted by Crippen LogP contribution is -2.31. The van der Waals surface area contributed by atoms with Crippen LogP contribution in [0.2, 0.25) is 0 Å². The van der Waals surface area contributed by atoms with Crippen LogP contribution in [0.5, 0.6) is 0 Å². The number of ether oxygens (including phenoxy) is 1. The van der Waals surface area contributed by atoms with Gasteiger partial charge in [-0.15, -0.1) is 0 Å². The SMILES string of the molecule is COC(=O)c1ccc(NC(=O)c2cc(C(=O)NCCN(C)C)ccn2)cc1. The average molecular weight is 370 g/mol. The van der Waals surface area contributed by atoms with Crippen LogP contribution < -0.4 is 10.6 Å². The predicted molar refractivity (Wildman–Crippen MR) is 101 cm³/mol. The smallest absolute Gasteiger partial charge is 0.337 e. The van der Waals surface area contributed by atoms with Gasteiger partial charge in [0.05, 0.1) is 12.7 Å². The molecule has 0 aliphatic heterocycles. The van der Waals surface area contributed by atoms with Crippen LogP contribution in [0.4, 0.5) is 5.69 Å². The van der Waals surface area contributed by atoms with Gasteiger partial charge >= 0.3 is 5.97 Å². The first-order valence-electron chi connectivity index (χ1n) is 8.29. The Balaban J connectivity index is 2.02. The number of carbonyl (C=O) groups excluding carboxylic acids is 3. The fourth-order valence-corrected chi connectivity index (χ4v) is 2.19. The molecule has 2 amide bonds. The van der Waals surface area contributed by atoms with Crippen LogP contribution in [0.1, 0.15) is 31.2 Å². The number of benzene rings is 1. The molecule has 0 bridgehead atoms. The summed E-state index contributed by atoms with van der Waals surface area (Å²) in [6.07, 6.45) is 1.41. The number of methoxy groups -OCH3 is 1. The highest BCUT2D eigenvalue weighted by Gasteiger charge is 2.13. The van der Waals surface area contributed by atoms with Gasteiger partial charge in [0.2, 0.25) is 0 Å². The van der Waals surface area contributed by atoms with Crippen molar-refractivity contribution in [3.8, 4) is 0 Å². The molecule has 0 saturated carbocycles. The van der Waals surface area contributed by atoms with Crippen molar-refractivity contribution in [3.05, 3.63) is 59.4 Å². The number of likely N-dealkylation sites (N-methyl/N-ethyl adjacent to an activating group) is 1. The number of rotatable bonds is 7. The van der Waals surface area contributed by atoms with Gasteiger partial charge in [-0.2, -0.15) is 0 Å². The monoisotopic (exact) mass is 370 g/mol. The van der Waals surface area contributed by atoms with E-state index in [2.05, 4.69) is 20.4 Å². The molecule has 1 aromatic heterocycles. The fourth-order valence-electron chi connectivity index (χ4n) is 2.19. The number of nitrogens with one attached hydrogen (secondary N) is 2. The van der Waals surface area contributed by atoms with Crippen molar-refractivity contribution < 1.29 is 19.1 Å². The van der Waals surface area contributed by atoms with Crippen molar-refractivity contribution in [1.29, 1.82) is 0 Å². The van der Waals surface area contributed by atoms with E-state index in [4.69, 9.17) is 0 Å². The zero-order valence-corrected chi connectivity index (χ0v) is 15.5. The molecule has 2 N–H and O–H groups in total. The first-order valence-corrected chi connectivity index (χ1v) is 8.29. The fraction of sp³-hybridized carbons (Fsp3) is 0.263. The molecule has 0 unspecified atom stereocenters. The van der Waals surface area contributed by atoms with E-state index in [-0.39, 0.29) is 11.6 Å². The van der Waals surface area contributed by atoms with Crippen LogP contribution >= 0.6 is 0 Å². The predicted octanol–water partition coefficient (Wildman–Crippen LogP) is 1.41. The number of hydrogen-bond donors (Lipinski definition) is 2. The Morgan fingerprint density at radius 2 is 1.74 bits per heavy atom. The van der Waals surface area contributed by atoms with Gasteiger partial charge in [0, 0.05) is 30.5 Å². The van der Waals surface area contributed by atoms with Crippen molar-refractivity contribution in [2.24, 2.45) is 0 Å². The van der Waals surface area contributed by atoms with Gasteiger partial charge < -0.3 is 20.3 Å². The number of carbonyl (C=O) groups is 3. The second-order valence-corrected chi connectivity index (χ2v) is 6.01. The Kier molecular flexibility index (Phi) is 7.01. The van der Waals surface area contributed by atoms with E-state index in [9.17, 15) is 14.4 Å². The van der Waals surface area contributed by atoms with Gasteiger partial charge in [0.1, 0.15) is 5.69 Å². The number of hydrogen-bond acceptors (Lipinski definition) is 6. The van der Waals surface area contributed by atoms with Crippen molar-refractivity contribution >= 4 is 23.5 Å². The number of aromatic nitrogens is 1. The second kappa shape index (κ2) is 9.44. The quantitative estimate of drug-likeness (QED) is 0.715. The zero-order chi connectivity index (χ0) is 19.8. The third-order valence-corrected chi connectivity index (χ3v) is 3.66. The lowest BCUT2D eigenvalue weighted by Gasteiger charge is -2.11. The van der Waals surface area contributed by atoms with Crippen LogP contribution in [-0.2, 0) is 4.74 Å². The highest BCUT2D eigenvalue weighted by molar-refractivity contribution is 6.05. The standard InChI is InChI=1S/C19H22N4O4/c1-23(2)11-10-21-17(24)14-8-9-20-16(12-14)18(25)22-15-6-4-13(5-7-15)19(26)27-3/h4-9,12H,10-11H2,1-3H3,(H,21,24)(H,22,25). The molecule has 8 heteroatoms. The number of esters is 1. The van der Waals surface area contributed by atoms with Gasteiger partial charge in [0.15, 0.2) is 0 Å². The first kappa shape index (κ1) is 20.1. The summed E-state index contributed by atoms with van der Waals surface area (Å²) in [7, 11) is 5.13. The average Bonchev–Trinajstić information content (AvgIpc) is 2.67. The largest absolute Gasteiger partial charge is 0.465 e. The van der Waals surface area contributed by atoms with Crippen molar-refractivity contribution in [2.75, 3.05) is 39.6 Å². The minimum Gasteiger partial charge on any atom is -0.465 e. The Hall–Kier alpha value is -3.26. The summed E-state index contributed by atoms with van der Waals surface area (Å²) in [4.78, 5) is 41.9. The van der Waals surface area contributed by atoms with Crippen molar-refractivity contribution in [1.82, 2.24) is 15.2 Å². The highest BCUT2D eigenvalue weighted by atomic mass is 16.5. The van der Waals surface area contributed by atoms with E-state index < -0.39 is 11.9 Å². The van der Waals surface area contributed by atoms with E-state index in [1.54, 1.807) is 30.3 Å². The summed E-state index contributed by atoms with van der Waals surface area (Å²) in [5.41, 5.74) is 1.35. The molecule has 1 aromatic carbocycles. The number of pyridine rings is 1. The second-order valence-electron chi connectivity index (χ2n) is 6.01. The van der Waals surface area contributed by atoms with Gasteiger partial charge in [-0.3, -0.25) is 14.6 Å². The molecule has 2 aromatic rings. The molecule has 142 valence electrons. The number of nitrogens with zero attached hydrogens (tertiary/aromatic N) is 2. The van der Waals surface area contributed by atoms with E-state index in [0.717, 1.165) is 0 Å². The molecule has 8 nitrogen and oxygen atoms in total. The highest BCUT2D eigenvalue weighted by Crippen LogP contribution is 2.12. The molecule has 0 saturated heterocycles. The Morgan fingerprint density at radius 1 is 1.04 bits per heavy atom. The summed E-state index contributed by atoms with van der Waals surface area (Å²) < 4.78 is 4.63. The molecule has 0 radical (unpaired) electrons. The van der Waals surface area contributed by atoms with E-state index in [1.165, 1.54) is 19.4 Å². The normalized spacial score (nSPS) is 10.4. The van der Waals surface area contributed by atoms with E-state index >= 15 is 0 Å². The third kappa shape index (κ3) is 5.89. The molecule has 1 heterocycles. The summed E-state index contributed by atoms with van der Waals surface area (Å²) in [6, 6.07) is 9.24. The van der Waals surface area contributed by atoms with Crippen LogP contribution in [0.15, 0.2) is 42.6 Å². The maximum absolute atomic E-state index is 12.4. The van der Waals surface area contributed by atoms with Crippen molar-refractivity contribution in [2.45, 2.75) is 0 Å². The van der Waals surface area contributed by atoms with Crippen LogP contribution in [0.3, 0.4) is 0 Å². The van der Waals surface area contributed by atoms with Crippen LogP contribution in [0, 0.1) is 0 Å². The summed E-state index contributed by atoms with van der Waals surface area (Å²) >= 11 is 0. The number of amides is 2. The van der Waals surface area contributed by atoms with E-state index in [1.807, 2.05) is 19.0 Å². The van der Waals surface area contributed by atoms with Crippen molar-refractivity contribution in [3.63, 3.8) is 0 Å².